The number of nitrogens with one attached hydrogen (secondary N) is 2. The average Bonchev–Trinajstić information content (AvgIpc) is 3.63. The molecule has 6 rings (SSSR count). The predicted molar refractivity (Wildman–Crippen MR) is 159 cm³/mol. The van der Waals surface area contributed by atoms with Gasteiger partial charge in [-0.05, 0) is 65.6 Å². The molecule has 10 heteroatoms. The molecule has 0 radical (unpaired) electrons. The monoisotopic (exact) mass is 542 g/mol. The predicted octanol–water partition coefficient (Wildman–Crippen LogP) is 5.63. The number of H-pyrrole nitrogens is 1. The summed E-state index contributed by atoms with van der Waals surface area (Å²) < 4.78 is 11.3. The molecule has 3 aromatic heterocycles. The molecule has 0 spiro atoms. The van der Waals surface area contributed by atoms with Gasteiger partial charge in [0.15, 0.2) is 5.82 Å². The van der Waals surface area contributed by atoms with Crippen LogP contribution in [-0.4, -0.2) is 69.7 Å². The lowest BCUT2D eigenvalue weighted by Gasteiger charge is -2.24. The second-order valence-corrected chi connectivity index (χ2v) is 11.3. The number of methoxy groups -OCH3 is 1. The van der Waals surface area contributed by atoms with E-state index in [1.807, 2.05) is 26.8 Å². The highest BCUT2D eigenvalue weighted by Crippen LogP contribution is 2.41. The number of hydrogen-bond donors (Lipinski definition) is 2. The first-order valence-corrected chi connectivity index (χ1v) is 14.2. The van der Waals surface area contributed by atoms with Crippen LogP contribution < -0.4 is 10.2 Å². The topological polar surface area (TPSA) is 117 Å². The molecule has 0 amide bonds. The summed E-state index contributed by atoms with van der Waals surface area (Å²) in [7, 11) is 3.85. The normalized spacial score (nSPS) is 17.6. The van der Waals surface area contributed by atoms with Crippen LogP contribution in [0.3, 0.4) is 0 Å². The van der Waals surface area contributed by atoms with Crippen molar-refractivity contribution in [1.82, 2.24) is 30.4 Å². The summed E-state index contributed by atoms with van der Waals surface area (Å²) >= 11 is 0. The van der Waals surface area contributed by atoms with E-state index in [0.717, 1.165) is 88.3 Å². The summed E-state index contributed by atoms with van der Waals surface area (Å²) in [4.78, 5) is 20.4. The van der Waals surface area contributed by atoms with Crippen LogP contribution in [0.5, 0.6) is 5.75 Å². The number of nitrogens with zero attached hydrogens (tertiary/aromatic N) is 6. The van der Waals surface area contributed by atoms with Gasteiger partial charge in [0.1, 0.15) is 23.0 Å². The summed E-state index contributed by atoms with van der Waals surface area (Å²) in [5.41, 5.74) is 10.2. The van der Waals surface area contributed by atoms with Gasteiger partial charge in [0.25, 0.3) is 0 Å². The van der Waals surface area contributed by atoms with Gasteiger partial charge in [-0.3, -0.25) is 0 Å². The van der Waals surface area contributed by atoms with Crippen molar-refractivity contribution in [3.8, 4) is 16.9 Å². The standard InChI is InChI=1S/C30H38N8O2/c1-16(13-24(20-7-8-20)36-35-21-9-11-38(5)12-10-21)31-29-28-22-15-26(39-6)23(27-17(2)37-40-18(27)3)14-25(22)34-30(28)33-19(4)32-29/h14-15,20,24,36H,7-13H2,1-6H3,(H,32,33,34). The summed E-state index contributed by atoms with van der Waals surface area (Å²) in [5.74, 6) is 3.49. The molecule has 1 aliphatic heterocycles. The fourth-order valence-corrected chi connectivity index (χ4v) is 5.75. The molecule has 2 aliphatic rings. The highest BCUT2D eigenvalue weighted by atomic mass is 16.5. The average molecular weight is 543 g/mol. The molecule has 1 atom stereocenters. The van der Waals surface area contributed by atoms with E-state index in [9.17, 15) is 0 Å². The maximum Gasteiger partial charge on any atom is 0.165 e. The minimum Gasteiger partial charge on any atom is -0.496 e. The van der Waals surface area contributed by atoms with E-state index >= 15 is 0 Å². The van der Waals surface area contributed by atoms with Crippen LogP contribution in [0.1, 0.15) is 56.3 Å². The van der Waals surface area contributed by atoms with Gasteiger partial charge in [-0.15, -0.1) is 0 Å². The first-order chi connectivity index (χ1) is 19.3. The number of likely N-dealkylation sites (tertiary alicyclic amines) is 1. The molecule has 40 heavy (non-hydrogen) atoms. The molecule has 4 heterocycles. The Bertz CT molecular complexity index is 1600. The Morgan fingerprint density at radius 2 is 1.98 bits per heavy atom. The van der Waals surface area contributed by atoms with E-state index in [1.54, 1.807) is 7.11 Å². The molecule has 2 N–H and O–H groups in total. The third kappa shape index (κ3) is 5.20. The minimum atomic E-state index is 0.287. The lowest BCUT2D eigenvalue weighted by atomic mass is 10.0. The third-order valence-electron chi connectivity index (χ3n) is 8.12. The first kappa shape index (κ1) is 26.4. The molecule has 2 fully saturated rings. The number of benzene rings is 1. The maximum atomic E-state index is 5.84. The zero-order valence-electron chi connectivity index (χ0n) is 24.3. The first-order valence-electron chi connectivity index (χ1n) is 14.2. The summed E-state index contributed by atoms with van der Waals surface area (Å²) in [6, 6.07) is 4.40. The van der Waals surface area contributed by atoms with E-state index in [-0.39, 0.29) is 6.04 Å². The molecule has 210 valence electrons. The Balaban J connectivity index is 1.34. The third-order valence-corrected chi connectivity index (χ3v) is 8.12. The van der Waals surface area contributed by atoms with Crippen molar-refractivity contribution in [2.24, 2.45) is 16.0 Å². The smallest absolute Gasteiger partial charge is 0.165 e. The number of fused-ring (bicyclic) bond motifs is 3. The summed E-state index contributed by atoms with van der Waals surface area (Å²) in [6.45, 7) is 10.0. The van der Waals surface area contributed by atoms with E-state index < -0.39 is 0 Å². The quantitative estimate of drug-likeness (QED) is 0.219. The van der Waals surface area contributed by atoms with Gasteiger partial charge in [0.2, 0.25) is 0 Å². The number of aromatic nitrogens is 4. The number of aromatic amines is 1. The van der Waals surface area contributed by atoms with E-state index in [4.69, 9.17) is 29.3 Å². The highest BCUT2D eigenvalue weighted by molar-refractivity contribution is 6.13. The van der Waals surface area contributed by atoms with Crippen LogP contribution in [0.2, 0.25) is 0 Å². The van der Waals surface area contributed by atoms with Gasteiger partial charge in [-0.2, -0.15) is 5.10 Å². The van der Waals surface area contributed by atoms with Crippen molar-refractivity contribution in [2.75, 3.05) is 27.2 Å². The highest BCUT2D eigenvalue weighted by Gasteiger charge is 2.32. The van der Waals surface area contributed by atoms with Gasteiger partial charge in [0.05, 0.1) is 29.8 Å². The zero-order chi connectivity index (χ0) is 28.0. The number of rotatable bonds is 8. The zero-order valence-corrected chi connectivity index (χ0v) is 24.3. The van der Waals surface area contributed by atoms with E-state index in [1.165, 1.54) is 18.6 Å². The molecule has 1 saturated carbocycles. The van der Waals surface area contributed by atoms with Crippen LogP contribution >= 0.6 is 0 Å². The molecule has 1 aliphatic carbocycles. The molecule has 10 nitrogen and oxygen atoms in total. The van der Waals surface area contributed by atoms with Crippen molar-refractivity contribution in [2.45, 2.75) is 65.8 Å². The van der Waals surface area contributed by atoms with Crippen molar-refractivity contribution >= 4 is 39.2 Å². The van der Waals surface area contributed by atoms with E-state index in [2.05, 4.69) is 40.5 Å². The Labute approximate surface area is 234 Å². The van der Waals surface area contributed by atoms with Gasteiger partial charge in [-0.25, -0.2) is 15.0 Å². The molecule has 1 saturated heterocycles. The SMILES string of the molecule is COc1cc2c(cc1-c1c(C)noc1C)[nH]c1nc(C)nc(N=C(C)CC(NN=C3CCN(C)CC3)C3CC3)c12. The van der Waals surface area contributed by atoms with Gasteiger partial charge >= 0.3 is 0 Å². The fourth-order valence-electron chi connectivity index (χ4n) is 5.75. The van der Waals surface area contributed by atoms with Crippen molar-refractivity contribution in [3.63, 3.8) is 0 Å². The Kier molecular flexibility index (Phi) is 7.04. The Morgan fingerprint density at radius 3 is 2.65 bits per heavy atom. The van der Waals surface area contributed by atoms with Crippen LogP contribution in [0.15, 0.2) is 26.7 Å². The molecular formula is C30H38N8O2. The largest absolute Gasteiger partial charge is 0.496 e. The van der Waals surface area contributed by atoms with Crippen LogP contribution in [-0.2, 0) is 0 Å². The molecule has 1 aromatic carbocycles. The molecule has 0 bridgehead atoms. The maximum absolute atomic E-state index is 5.84. The van der Waals surface area contributed by atoms with Crippen molar-refractivity contribution < 1.29 is 9.26 Å². The lowest BCUT2D eigenvalue weighted by molar-refractivity contribution is 0.334. The minimum absolute atomic E-state index is 0.287. The van der Waals surface area contributed by atoms with Crippen molar-refractivity contribution in [3.05, 3.63) is 29.4 Å². The Morgan fingerprint density at radius 1 is 1.20 bits per heavy atom. The van der Waals surface area contributed by atoms with Gasteiger partial charge in [0, 0.05) is 60.2 Å². The second kappa shape index (κ2) is 10.6. The van der Waals surface area contributed by atoms with Gasteiger partial charge in [-0.1, -0.05) is 5.16 Å². The lowest BCUT2D eigenvalue weighted by Crippen LogP contribution is -2.34. The van der Waals surface area contributed by atoms with Gasteiger partial charge < -0.3 is 24.6 Å². The summed E-state index contributed by atoms with van der Waals surface area (Å²) in [6.07, 6.45) is 5.38. The number of hydrogen-bond acceptors (Lipinski definition) is 9. The van der Waals surface area contributed by atoms with E-state index in [0.29, 0.717) is 17.6 Å². The van der Waals surface area contributed by atoms with Crippen LogP contribution in [0.4, 0.5) is 5.82 Å². The Hall–Kier alpha value is -3.79. The fraction of sp³-hybridized carbons (Fsp3) is 0.500. The van der Waals surface area contributed by atoms with Crippen LogP contribution in [0.25, 0.3) is 33.1 Å². The second-order valence-electron chi connectivity index (χ2n) is 11.3. The number of piperidine rings is 1. The molecule has 4 aromatic rings. The number of ether oxygens (including phenoxy) is 1. The molecule has 1 unspecified atom stereocenters. The summed E-state index contributed by atoms with van der Waals surface area (Å²) in [5, 5.41) is 10.8. The van der Waals surface area contributed by atoms with Crippen LogP contribution in [0, 0.1) is 26.7 Å². The molecular weight excluding hydrogens is 504 g/mol. The van der Waals surface area contributed by atoms with Crippen molar-refractivity contribution in [1.29, 1.82) is 0 Å². The number of aliphatic imine (C=N–C) groups is 1. The number of hydrazone groups is 1. The number of aryl methyl sites for hydroxylation is 3.